The van der Waals surface area contributed by atoms with Crippen molar-refractivity contribution in [2.75, 3.05) is 34.4 Å². The fourth-order valence-electron chi connectivity index (χ4n) is 7.66. The molecule has 5 heterocycles. The number of aromatic amines is 1. The molecule has 2 saturated heterocycles. The molecule has 13 nitrogen and oxygen atoms in total. The van der Waals surface area contributed by atoms with Crippen molar-refractivity contribution < 1.29 is 43.9 Å². The van der Waals surface area contributed by atoms with Crippen LogP contribution in [0.3, 0.4) is 0 Å². The average molecular weight is 679 g/mol. The first kappa shape index (κ1) is 31.6. The number of imide groups is 1. The van der Waals surface area contributed by atoms with Gasteiger partial charge >= 0.3 is 0 Å². The number of aromatic nitrogens is 2. The molecule has 2 aromatic heterocycles. The minimum Gasteiger partial charge on any atom is -0.391 e. The van der Waals surface area contributed by atoms with Crippen molar-refractivity contribution in [1.82, 2.24) is 19.8 Å². The number of carbonyl (C=O) groups excluding carboxylic acids is 2. The van der Waals surface area contributed by atoms with Crippen LogP contribution in [0.1, 0.15) is 33.4 Å². The van der Waals surface area contributed by atoms with Gasteiger partial charge in [0.2, 0.25) is 0 Å². The van der Waals surface area contributed by atoms with Gasteiger partial charge in [0, 0.05) is 47.6 Å². The molecule has 8 rings (SSSR count). The molecule has 3 aliphatic heterocycles. The molecule has 0 saturated carbocycles. The monoisotopic (exact) mass is 678 g/mol. The van der Waals surface area contributed by atoms with E-state index in [4.69, 9.17) is 30.5 Å². The van der Waals surface area contributed by atoms with Crippen LogP contribution in [-0.2, 0) is 18.9 Å². The number of rotatable bonds is 6. The number of nitrogens with zero attached hydrogens (tertiary/aromatic N) is 2. The van der Waals surface area contributed by atoms with Gasteiger partial charge in [-0.05, 0) is 19.2 Å². The maximum Gasteiger partial charge on any atom is 0.262 e. The second kappa shape index (κ2) is 11.8. The number of benzene rings is 3. The van der Waals surface area contributed by atoms with Crippen molar-refractivity contribution in [3.63, 3.8) is 0 Å². The van der Waals surface area contributed by atoms with E-state index in [1.54, 1.807) is 29.8 Å². The predicted octanol–water partition coefficient (Wildman–Crippen LogP) is 2.65. The summed E-state index contributed by atoms with van der Waals surface area (Å²) in [4.78, 5) is 32.1. The third-order valence-corrected chi connectivity index (χ3v) is 10.4. The quantitative estimate of drug-likeness (QED) is 0.169. The molecule has 0 bridgehead atoms. The van der Waals surface area contributed by atoms with Crippen LogP contribution in [0.2, 0.25) is 5.02 Å². The lowest BCUT2D eigenvalue weighted by atomic mass is 9.96. The Morgan fingerprint density at radius 2 is 1.73 bits per heavy atom. The Kier molecular flexibility index (Phi) is 7.75. The zero-order valence-corrected chi connectivity index (χ0v) is 27.1. The molecule has 5 aromatic rings. The molecule has 0 spiro atoms. The predicted molar refractivity (Wildman–Crippen MR) is 176 cm³/mol. The number of hydrogen-bond donors (Lipinski definition) is 5. The average Bonchev–Trinajstić information content (AvgIpc) is 3.70. The van der Waals surface area contributed by atoms with Crippen LogP contribution in [0.5, 0.6) is 0 Å². The van der Waals surface area contributed by atoms with Crippen LogP contribution >= 0.6 is 11.6 Å². The first-order valence-corrected chi connectivity index (χ1v) is 16.2. The van der Waals surface area contributed by atoms with Crippen LogP contribution in [0.4, 0.5) is 0 Å². The van der Waals surface area contributed by atoms with Gasteiger partial charge in [0.05, 0.1) is 58.1 Å². The summed E-state index contributed by atoms with van der Waals surface area (Å²) < 4.78 is 25.7. The third kappa shape index (κ3) is 4.47. The van der Waals surface area contributed by atoms with Gasteiger partial charge in [-0.3, -0.25) is 14.5 Å². The smallest absolute Gasteiger partial charge is 0.262 e. The molecular formula is C34H35ClN4O9. The number of para-hydroxylation sites is 2. The van der Waals surface area contributed by atoms with E-state index in [1.807, 2.05) is 24.3 Å². The fraction of sp³-hybridized carbons (Fsp3) is 0.412. The number of aliphatic hydroxyl groups excluding tert-OH is 3. The molecule has 48 heavy (non-hydrogen) atoms. The van der Waals surface area contributed by atoms with Gasteiger partial charge in [0.15, 0.2) is 12.5 Å². The van der Waals surface area contributed by atoms with Gasteiger partial charge in [-0.2, -0.15) is 0 Å². The van der Waals surface area contributed by atoms with Crippen LogP contribution in [0.25, 0.3) is 43.6 Å². The van der Waals surface area contributed by atoms with Crippen molar-refractivity contribution in [2.45, 2.75) is 55.5 Å². The number of halogens is 1. The van der Waals surface area contributed by atoms with E-state index in [1.165, 1.54) is 14.2 Å². The summed E-state index contributed by atoms with van der Waals surface area (Å²) >= 11 is 6.92. The second-order valence-electron chi connectivity index (χ2n) is 12.6. The van der Waals surface area contributed by atoms with Crippen molar-refractivity contribution >= 4 is 67.0 Å². The van der Waals surface area contributed by atoms with E-state index in [-0.39, 0.29) is 36.8 Å². The Labute approximate surface area is 278 Å². The Morgan fingerprint density at radius 3 is 2.46 bits per heavy atom. The Morgan fingerprint density at radius 1 is 1.00 bits per heavy atom. The highest BCUT2D eigenvalue weighted by Crippen LogP contribution is 2.48. The zero-order valence-electron chi connectivity index (χ0n) is 26.3. The summed E-state index contributed by atoms with van der Waals surface area (Å²) in [5, 5.41) is 39.4. The minimum atomic E-state index is -1.52. The molecule has 252 valence electrons. The number of H-pyrrole nitrogens is 1. The lowest BCUT2D eigenvalue weighted by Crippen LogP contribution is -2.58. The number of likely N-dealkylation sites (N-methyl/N-ethyl adjacent to an activating group) is 1. The Bertz CT molecular complexity index is 2110. The lowest BCUT2D eigenvalue weighted by Gasteiger charge is -2.43. The van der Waals surface area contributed by atoms with E-state index >= 15 is 0 Å². The first-order valence-electron chi connectivity index (χ1n) is 15.8. The maximum absolute atomic E-state index is 13.9. The number of carbonyl (C=O) groups is 2. The second-order valence-corrected chi connectivity index (χ2v) is 13.0. The number of hydrogen-bond acceptors (Lipinski definition) is 10. The summed E-state index contributed by atoms with van der Waals surface area (Å²) in [7, 11) is 4.61. The molecule has 0 aliphatic carbocycles. The summed E-state index contributed by atoms with van der Waals surface area (Å²) in [5.41, 5.74) is 2.72. The van der Waals surface area contributed by atoms with Crippen LogP contribution < -0.4 is 5.32 Å². The van der Waals surface area contributed by atoms with Gasteiger partial charge in [-0.25, -0.2) is 0 Å². The summed E-state index contributed by atoms with van der Waals surface area (Å²) in [5.74, 6) is -0.882. The third-order valence-electron chi connectivity index (χ3n) is 10.1. The van der Waals surface area contributed by atoms with Crippen molar-refractivity contribution in [1.29, 1.82) is 0 Å². The Hall–Kier alpha value is -3.63. The zero-order chi connectivity index (χ0) is 33.6. The molecule has 3 aliphatic rings. The van der Waals surface area contributed by atoms with Crippen molar-refractivity contribution in [3.8, 4) is 0 Å². The van der Waals surface area contributed by atoms with Crippen molar-refractivity contribution in [2.24, 2.45) is 0 Å². The molecule has 3 aromatic carbocycles. The molecular weight excluding hydrogens is 644 g/mol. The molecule has 14 heteroatoms. The topological polar surface area (TPSA) is 168 Å². The lowest BCUT2D eigenvalue weighted by molar-refractivity contribution is -0.275. The van der Waals surface area contributed by atoms with E-state index in [9.17, 15) is 24.9 Å². The largest absolute Gasteiger partial charge is 0.391 e. The number of fused-ring (bicyclic) bond motifs is 10. The standard InChI is InChI=1S/C34H35ClN4O9/c1-36-18-12-46-21(11-19(18)40)47-13-20-31(45-3)29(41)30(42)34(48-20)39-27-15(8-6-9-16(27)35)23-25-24(32(43)38(2)33(25)44)22-14-7-4-5-10-17(14)37-26(22)28(23)39/h4-10,18-21,29-31,34,36-37,40-42H,11-13H2,1-3H3/t18-,19-,20+,21-,29+,30-,31+,34+/m0/s1. The number of ether oxygens (including phenoxy) is 4. The summed E-state index contributed by atoms with van der Waals surface area (Å²) in [6, 6.07) is 12.5. The number of aliphatic hydroxyl groups is 3. The Balaban J connectivity index is 1.33. The molecule has 5 N–H and O–H groups in total. The van der Waals surface area contributed by atoms with Crippen LogP contribution in [0, 0.1) is 0 Å². The van der Waals surface area contributed by atoms with Gasteiger partial charge in [-0.15, -0.1) is 0 Å². The normalized spacial score (nSPS) is 29.6. The highest BCUT2D eigenvalue weighted by molar-refractivity contribution is 6.41. The molecule has 0 unspecified atom stereocenters. The number of nitrogens with one attached hydrogen (secondary N) is 2. The van der Waals surface area contributed by atoms with Crippen molar-refractivity contribution in [3.05, 3.63) is 58.6 Å². The maximum atomic E-state index is 13.9. The van der Waals surface area contributed by atoms with E-state index < -0.39 is 54.9 Å². The highest BCUT2D eigenvalue weighted by Gasteiger charge is 2.48. The number of amides is 2. The SMILES string of the molecule is CN[C@H]1CO[C@@H](OC[C@H]2O[C@@H](n3c4c(Cl)cccc4c4c5c(c6c7ccccc7[nH]c6c43)C(=O)N(C)C5=O)[C@@H](O)[C@@H](O)[C@@H]2OC)C[C@@H]1O. The van der Waals surface area contributed by atoms with Gasteiger partial charge in [-0.1, -0.05) is 41.9 Å². The summed E-state index contributed by atoms with van der Waals surface area (Å²) in [6.07, 6.45) is -7.27. The van der Waals surface area contributed by atoms with E-state index in [0.717, 1.165) is 15.8 Å². The summed E-state index contributed by atoms with van der Waals surface area (Å²) in [6.45, 7) is 0.146. The number of methoxy groups -OCH3 is 1. The molecule has 0 radical (unpaired) electrons. The van der Waals surface area contributed by atoms with Crippen LogP contribution in [0.15, 0.2) is 42.5 Å². The van der Waals surface area contributed by atoms with Gasteiger partial charge < -0.3 is 49.1 Å². The molecule has 8 atom stereocenters. The first-order chi connectivity index (χ1) is 23.2. The van der Waals surface area contributed by atoms with Crippen LogP contribution in [-0.4, -0.2) is 119 Å². The van der Waals surface area contributed by atoms with Gasteiger partial charge in [0.1, 0.15) is 24.4 Å². The minimum absolute atomic E-state index is 0.0970. The molecule has 2 amide bonds. The van der Waals surface area contributed by atoms with E-state index in [2.05, 4.69) is 10.3 Å². The van der Waals surface area contributed by atoms with E-state index in [0.29, 0.717) is 37.7 Å². The molecule has 2 fully saturated rings. The highest BCUT2D eigenvalue weighted by atomic mass is 35.5. The fourth-order valence-corrected chi connectivity index (χ4v) is 7.93. The van der Waals surface area contributed by atoms with Gasteiger partial charge in [0.25, 0.3) is 11.8 Å².